The summed E-state index contributed by atoms with van der Waals surface area (Å²) in [5, 5.41) is 2.77. The Morgan fingerprint density at radius 3 is 2.67 bits per heavy atom. The highest BCUT2D eigenvalue weighted by Gasteiger charge is 2.19. The molecule has 1 heterocycles. The number of nitrogens with one attached hydrogen (secondary N) is 1. The minimum Gasteiger partial charge on any atom is -0.465 e. The summed E-state index contributed by atoms with van der Waals surface area (Å²) < 4.78 is 4.71. The van der Waals surface area contributed by atoms with Crippen LogP contribution in [0.5, 0.6) is 0 Å². The summed E-state index contributed by atoms with van der Waals surface area (Å²) in [6.45, 7) is 1.96. The van der Waals surface area contributed by atoms with Gasteiger partial charge in [0.25, 0.3) is 0 Å². The highest BCUT2D eigenvalue weighted by atomic mass is 16.5. The molecule has 1 aromatic carbocycles. The lowest BCUT2D eigenvalue weighted by molar-refractivity contribution is -0.117. The maximum absolute atomic E-state index is 12.1. The van der Waals surface area contributed by atoms with Crippen molar-refractivity contribution in [2.75, 3.05) is 32.1 Å². The number of carbonyl (C=O) groups is 2. The molecule has 6 heteroatoms. The Balaban J connectivity index is 1.95. The molecule has 1 saturated heterocycles. The first-order valence-electron chi connectivity index (χ1n) is 7.05. The van der Waals surface area contributed by atoms with E-state index in [0.29, 0.717) is 17.8 Å². The molecule has 0 saturated carbocycles. The van der Waals surface area contributed by atoms with Gasteiger partial charge < -0.3 is 15.8 Å². The number of ether oxygens (including phenoxy) is 1. The van der Waals surface area contributed by atoms with E-state index in [1.54, 1.807) is 24.3 Å². The van der Waals surface area contributed by atoms with Crippen molar-refractivity contribution in [3.8, 4) is 0 Å². The number of para-hydroxylation sites is 1. The van der Waals surface area contributed by atoms with Crippen molar-refractivity contribution in [2.24, 2.45) is 5.73 Å². The topological polar surface area (TPSA) is 84.7 Å². The number of nitrogens with two attached hydrogens (primary N) is 1. The van der Waals surface area contributed by atoms with Crippen LogP contribution in [-0.4, -0.2) is 49.6 Å². The molecule has 1 fully saturated rings. The maximum Gasteiger partial charge on any atom is 0.339 e. The Morgan fingerprint density at radius 2 is 2.00 bits per heavy atom. The summed E-state index contributed by atoms with van der Waals surface area (Å²) in [6, 6.07) is 7.05. The molecule has 0 radical (unpaired) electrons. The molecule has 0 aliphatic carbocycles. The molecule has 114 valence electrons. The number of nitrogens with zero attached hydrogens (tertiary/aromatic N) is 1. The van der Waals surface area contributed by atoms with Crippen LogP contribution >= 0.6 is 0 Å². The van der Waals surface area contributed by atoms with Gasteiger partial charge in [-0.25, -0.2) is 4.79 Å². The first-order valence-corrected chi connectivity index (χ1v) is 7.05. The number of methoxy groups -OCH3 is 1. The first kappa shape index (κ1) is 15.5. The molecule has 0 atom stereocenters. The van der Waals surface area contributed by atoms with Gasteiger partial charge in [-0.1, -0.05) is 12.1 Å². The number of carbonyl (C=O) groups excluding carboxylic acids is 2. The summed E-state index contributed by atoms with van der Waals surface area (Å²) in [7, 11) is 1.32. The fourth-order valence-electron chi connectivity index (χ4n) is 2.38. The molecule has 3 N–H and O–H groups in total. The highest BCUT2D eigenvalue weighted by Crippen LogP contribution is 2.16. The fraction of sp³-hybridized carbons (Fsp3) is 0.467. The average molecular weight is 291 g/mol. The lowest BCUT2D eigenvalue weighted by Gasteiger charge is -2.29. The van der Waals surface area contributed by atoms with Crippen molar-refractivity contribution in [1.82, 2.24) is 4.90 Å². The Bertz CT molecular complexity index is 511. The van der Waals surface area contributed by atoms with E-state index >= 15 is 0 Å². The minimum absolute atomic E-state index is 0.137. The number of benzene rings is 1. The lowest BCUT2D eigenvalue weighted by atomic mass is 10.1. The Labute approximate surface area is 124 Å². The highest BCUT2D eigenvalue weighted by molar-refractivity contribution is 6.01. The third kappa shape index (κ3) is 4.27. The van der Waals surface area contributed by atoms with Crippen LogP contribution in [-0.2, 0) is 9.53 Å². The van der Waals surface area contributed by atoms with Gasteiger partial charge in [0.2, 0.25) is 5.91 Å². The van der Waals surface area contributed by atoms with Crippen molar-refractivity contribution in [3.63, 3.8) is 0 Å². The zero-order valence-corrected chi connectivity index (χ0v) is 12.2. The molecule has 1 amide bonds. The van der Waals surface area contributed by atoms with E-state index in [-0.39, 0.29) is 11.9 Å². The number of likely N-dealkylation sites (tertiary alicyclic amines) is 1. The van der Waals surface area contributed by atoms with E-state index in [4.69, 9.17) is 10.5 Å². The van der Waals surface area contributed by atoms with E-state index in [0.717, 1.165) is 25.9 Å². The monoisotopic (exact) mass is 291 g/mol. The third-order valence-corrected chi connectivity index (χ3v) is 3.61. The quantitative estimate of drug-likeness (QED) is 0.803. The predicted molar refractivity (Wildman–Crippen MR) is 80.1 cm³/mol. The average Bonchev–Trinajstić information content (AvgIpc) is 2.49. The van der Waals surface area contributed by atoms with Crippen molar-refractivity contribution >= 4 is 17.6 Å². The Hall–Kier alpha value is -1.92. The van der Waals surface area contributed by atoms with E-state index in [9.17, 15) is 9.59 Å². The maximum atomic E-state index is 12.1. The van der Waals surface area contributed by atoms with Gasteiger partial charge >= 0.3 is 5.97 Å². The second-order valence-electron chi connectivity index (χ2n) is 5.20. The zero-order chi connectivity index (χ0) is 15.2. The van der Waals surface area contributed by atoms with Crippen LogP contribution in [0.1, 0.15) is 23.2 Å². The number of hydrogen-bond acceptors (Lipinski definition) is 5. The number of amides is 1. The number of hydrogen-bond donors (Lipinski definition) is 2. The Kier molecular flexibility index (Phi) is 5.30. The van der Waals surface area contributed by atoms with Gasteiger partial charge in [-0.2, -0.15) is 0 Å². The van der Waals surface area contributed by atoms with Crippen molar-refractivity contribution in [1.29, 1.82) is 0 Å². The molecule has 0 spiro atoms. The molecule has 0 bridgehead atoms. The molecule has 6 nitrogen and oxygen atoms in total. The second-order valence-corrected chi connectivity index (χ2v) is 5.20. The van der Waals surface area contributed by atoms with Crippen LogP contribution in [0.15, 0.2) is 24.3 Å². The van der Waals surface area contributed by atoms with Gasteiger partial charge in [0, 0.05) is 19.1 Å². The van der Waals surface area contributed by atoms with Gasteiger partial charge in [-0.15, -0.1) is 0 Å². The van der Waals surface area contributed by atoms with Crippen LogP contribution in [0, 0.1) is 0 Å². The Morgan fingerprint density at radius 1 is 1.33 bits per heavy atom. The summed E-state index contributed by atoms with van der Waals surface area (Å²) in [5.74, 6) is -0.600. The second kappa shape index (κ2) is 7.19. The van der Waals surface area contributed by atoms with Crippen LogP contribution in [0.4, 0.5) is 5.69 Å². The number of esters is 1. The van der Waals surface area contributed by atoms with Crippen LogP contribution < -0.4 is 11.1 Å². The summed E-state index contributed by atoms with van der Waals surface area (Å²) in [5.41, 5.74) is 6.67. The van der Waals surface area contributed by atoms with E-state index in [1.807, 2.05) is 0 Å². The van der Waals surface area contributed by atoms with E-state index in [2.05, 4.69) is 10.2 Å². The molecule has 1 aliphatic rings. The molecule has 2 rings (SSSR count). The fourth-order valence-corrected chi connectivity index (χ4v) is 2.38. The summed E-state index contributed by atoms with van der Waals surface area (Å²) >= 11 is 0. The standard InChI is InChI=1S/C15H21N3O3/c1-21-15(20)12-4-2-3-5-13(12)17-14(19)10-18-8-6-11(16)7-9-18/h2-5,11H,6-10,16H2,1H3,(H,17,19). The van der Waals surface area contributed by atoms with Gasteiger partial charge in [0.15, 0.2) is 0 Å². The number of rotatable bonds is 4. The van der Waals surface area contributed by atoms with Crippen molar-refractivity contribution in [3.05, 3.63) is 29.8 Å². The van der Waals surface area contributed by atoms with Gasteiger partial charge in [-0.05, 0) is 25.0 Å². The van der Waals surface area contributed by atoms with E-state index in [1.165, 1.54) is 7.11 Å². The third-order valence-electron chi connectivity index (χ3n) is 3.61. The van der Waals surface area contributed by atoms with Crippen molar-refractivity contribution in [2.45, 2.75) is 18.9 Å². The van der Waals surface area contributed by atoms with Gasteiger partial charge in [0.05, 0.1) is 24.9 Å². The van der Waals surface area contributed by atoms with Crippen LogP contribution in [0.25, 0.3) is 0 Å². The van der Waals surface area contributed by atoms with Gasteiger partial charge in [0.1, 0.15) is 0 Å². The van der Waals surface area contributed by atoms with Crippen LogP contribution in [0.3, 0.4) is 0 Å². The largest absolute Gasteiger partial charge is 0.465 e. The molecular formula is C15H21N3O3. The lowest BCUT2D eigenvalue weighted by Crippen LogP contribution is -2.43. The normalized spacial score (nSPS) is 16.5. The van der Waals surface area contributed by atoms with Crippen molar-refractivity contribution < 1.29 is 14.3 Å². The molecule has 1 aliphatic heterocycles. The first-order chi connectivity index (χ1) is 10.1. The molecule has 0 aromatic heterocycles. The molecule has 0 unspecified atom stereocenters. The number of piperidine rings is 1. The minimum atomic E-state index is -0.463. The predicted octanol–water partition coefficient (Wildman–Crippen LogP) is 0.835. The van der Waals surface area contributed by atoms with E-state index < -0.39 is 5.97 Å². The zero-order valence-electron chi connectivity index (χ0n) is 12.2. The van der Waals surface area contributed by atoms with Gasteiger partial charge in [-0.3, -0.25) is 9.69 Å². The summed E-state index contributed by atoms with van der Waals surface area (Å²) in [4.78, 5) is 25.8. The van der Waals surface area contributed by atoms with Crippen LogP contribution in [0.2, 0.25) is 0 Å². The molecule has 21 heavy (non-hydrogen) atoms. The SMILES string of the molecule is COC(=O)c1ccccc1NC(=O)CN1CCC(N)CC1. The smallest absolute Gasteiger partial charge is 0.339 e. The summed E-state index contributed by atoms with van der Waals surface area (Å²) in [6.07, 6.45) is 1.82. The molecular weight excluding hydrogens is 270 g/mol. The molecule has 1 aromatic rings. The number of anilines is 1.